The van der Waals surface area contributed by atoms with Gasteiger partial charge in [-0.1, -0.05) is 0 Å². The van der Waals surface area contributed by atoms with E-state index in [1.807, 2.05) is 4.90 Å². The molecule has 1 amide bonds. The van der Waals surface area contributed by atoms with Gasteiger partial charge >= 0.3 is 0 Å². The maximum absolute atomic E-state index is 12.2. The minimum absolute atomic E-state index is 0. The zero-order valence-corrected chi connectivity index (χ0v) is 11.9. The molecule has 2 unspecified atom stereocenters. The van der Waals surface area contributed by atoms with Crippen molar-refractivity contribution in [1.82, 2.24) is 9.88 Å². The van der Waals surface area contributed by atoms with E-state index in [1.165, 1.54) is 0 Å². The van der Waals surface area contributed by atoms with E-state index in [9.17, 15) is 4.79 Å². The molecule has 1 aliphatic heterocycles. The van der Waals surface area contributed by atoms with E-state index >= 15 is 0 Å². The zero-order valence-electron chi connectivity index (χ0n) is 10.3. The highest BCUT2D eigenvalue weighted by Gasteiger charge is 2.31. The van der Waals surface area contributed by atoms with Crippen molar-refractivity contribution in [2.45, 2.75) is 19.4 Å². The minimum Gasteiger partial charge on any atom is -0.336 e. The van der Waals surface area contributed by atoms with Gasteiger partial charge in [0.15, 0.2) is 0 Å². The first-order chi connectivity index (χ1) is 7.72. The van der Waals surface area contributed by atoms with Gasteiger partial charge in [0.2, 0.25) is 0 Å². The molecule has 1 aromatic heterocycles. The predicted molar refractivity (Wildman–Crippen MR) is 76.4 cm³/mol. The Hall–Kier alpha value is -0.840. The molecule has 0 spiro atoms. The van der Waals surface area contributed by atoms with E-state index in [0.717, 1.165) is 13.0 Å². The van der Waals surface area contributed by atoms with Crippen LogP contribution in [0, 0.1) is 5.92 Å². The van der Waals surface area contributed by atoms with Crippen LogP contribution >= 0.6 is 24.8 Å². The lowest BCUT2D eigenvalue weighted by Crippen LogP contribution is -2.34. The second-order valence-electron chi connectivity index (χ2n) is 4.39. The summed E-state index contributed by atoms with van der Waals surface area (Å²) in [4.78, 5) is 18.0. The van der Waals surface area contributed by atoms with E-state index in [-0.39, 0.29) is 36.8 Å². The lowest BCUT2D eigenvalue weighted by molar-refractivity contribution is 0.0743. The van der Waals surface area contributed by atoms with Gasteiger partial charge < -0.3 is 10.6 Å². The maximum Gasteiger partial charge on any atom is 0.255 e. The summed E-state index contributed by atoms with van der Waals surface area (Å²) in [6.07, 6.45) is 4.29. The molecule has 2 N–H and O–H groups in total. The number of likely N-dealkylation sites (tertiary alicyclic amines) is 1. The summed E-state index contributed by atoms with van der Waals surface area (Å²) < 4.78 is 0. The molecule has 102 valence electrons. The SMILES string of the molecule is CC1CC(CN)CN1C(=O)c1cccnc1.Cl.Cl. The third kappa shape index (κ3) is 3.57. The highest BCUT2D eigenvalue weighted by Crippen LogP contribution is 2.23. The highest BCUT2D eigenvalue weighted by atomic mass is 35.5. The highest BCUT2D eigenvalue weighted by molar-refractivity contribution is 5.94. The van der Waals surface area contributed by atoms with Crippen LogP contribution in [0.4, 0.5) is 0 Å². The molecule has 2 atom stereocenters. The van der Waals surface area contributed by atoms with Gasteiger partial charge in [-0.15, -0.1) is 24.8 Å². The van der Waals surface area contributed by atoms with Crippen LogP contribution in [0.5, 0.6) is 0 Å². The fraction of sp³-hybridized carbons (Fsp3) is 0.500. The summed E-state index contributed by atoms with van der Waals surface area (Å²) in [6, 6.07) is 3.87. The lowest BCUT2D eigenvalue weighted by Gasteiger charge is -2.21. The summed E-state index contributed by atoms with van der Waals surface area (Å²) >= 11 is 0. The first-order valence-corrected chi connectivity index (χ1v) is 5.63. The van der Waals surface area contributed by atoms with Crippen LogP contribution in [0.2, 0.25) is 0 Å². The first kappa shape index (κ1) is 17.2. The molecule has 0 saturated carbocycles. The summed E-state index contributed by atoms with van der Waals surface area (Å²) in [5, 5.41) is 0. The molecule has 0 aliphatic carbocycles. The molecular formula is C12H19Cl2N3O. The van der Waals surface area contributed by atoms with Gasteiger partial charge in [0.05, 0.1) is 5.56 Å². The smallest absolute Gasteiger partial charge is 0.255 e. The standard InChI is InChI=1S/C12H17N3O.2ClH/c1-9-5-10(6-13)8-15(9)12(16)11-3-2-4-14-7-11;;/h2-4,7,9-10H,5-6,8,13H2,1H3;2*1H. The largest absolute Gasteiger partial charge is 0.336 e. The molecule has 0 bridgehead atoms. The Kier molecular flexibility index (Phi) is 7.21. The average Bonchev–Trinajstić information content (AvgIpc) is 2.71. The van der Waals surface area contributed by atoms with Crippen LogP contribution in [0.1, 0.15) is 23.7 Å². The van der Waals surface area contributed by atoms with Crippen LogP contribution < -0.4 is 5.73 Å². The van der Waals surface area contributed by atoms with Crippen LogP contribution in [0.25, 0.3) is 0 Å². The first-order valence-electron chi connectivity index (χ1n) is 5.63. The molecule has 2 heterocycles. The Balaban J connectivity index is 0.00000144. The van der Waals surface area contributed by atoms with E-state index in [1.54, 1.807) is 24.5 Å². The zero-order chi connectivity index (χ0) is 11.5. The molecule has 4 nitrogen and oxygen atoms in total. The number of amides is 1. The number of halogens is 2. The molecule has 1 fully saturated rings. The number of pyridine rings is 1. The molecule has 2 rings (SSSR count). The van der Waals surface area contributed by atoms with Gasteiger partial charge in [-0.2, -0.15) is 0 Å². The molecule has 1 aromatic rings. The van der Waals surface area contributed by atoms with Crippen molar-refractivity contribution in [3.63, 3.8) is 0 Å². The van der Waals surface area contributed by atoms with Crippen molar-refractivity contribution in [1.29, 1.82) is 0 Å². The number of nitrogens with zero attached hydrogens (tertiary/aromatic N) is 2. The minimum atomic E-state index is 0. The third-order valence-corrected chi connectivity index (χ3v) is 3.16. The summed E-state index contributed by atoms with van der Waals surface area (Å²) in [6.45, 7) is 3.50. The normalized spacial score (nSPS) is 22.0. The Morgan fingerprint density at radius 3 is 2.78 bits per heavy atom. The van der Waals surface area contributed by atoms with E-state index in [0.29, 0.717) is 18.0 Å². The van der Waals surface area contributed by atoms with Crippen LogP contribution in [-0.4, -0.2) is 34.9 Å². The Morgan fingerprint density at radius 1 is 1.56 bits per heavy atom. The third-order valence-electron chi connectivity index (χ3n) is 3.16. The van der Waals surface area contributed by atoms with Gasteiger partial charge in [-0.05, 0) is 37.9 Å². The quantitative estimate of drug-likeness (QED) is 0.903. The van der Waals surface area contributed by atoms with Gasteiger partial charge in [-0.25, -0.2) is 0 Å². The van der Waals surface area contributed by atoms with Gasteiger partial charge in [0, 0.05) is 25.0 Å². The van der Waals surface area contributed by atoms with Gasteiger partial charge in [0.1, 0.15) is 0 Å². The van der Waals surface area contributed by atoms with Crippen LogP contribution in [0.15, 0.2) is 24.5 Å². The predicted octanol–water partition coefficient (Wildman–Crippen LogP) is 1.73. The van der Waals surface area contributed by atoms with Crippen molar-refractivity contribution in [3.05, 3.63) is 30.1 Å². The maximum atomic E-state index is 12.2. The second kappa shape index (κ2) is 7.56. The van der Waals surface area contributed by atoms with Crippen molar-refractivity contribution in [2.75, 3.05) is 13.1 Å². The number of rotatable bonds is 2. The van der Waals surface area contributed by atoms with Crippen molar-refractivity contribution in [2.24, 2.45) is 11.7 Å². The number of hydrogen-bond acceptors (Lipinski definition) is 3. The number of nitrogens with two attached hydrogens (primary N) is 1. The van der Waals surface area contributed by atoms with E-state index in [4.69, 9.17) is 5.73 Å². The van der Waals surface area contributed by atoms with Gasteiger partial charge in [-0.3, -0.25) is 9.78 Å². The Labute approximate surface area is 120 Å². The van der Waals surface area contributed by atoms with Gasteiger partial charge in [0.25, 0.3) is 5.91 Å². The van der Waals surface area contributed by atoms with Crippen LogP contribution in [-0.2, 0) is 0 Å². The number of carbonyl (C=O) groups excluding carboxylic acids is 1. The topological polar surface area (TPSA) is 59.2 Å². The van der Waals surface area contributed by atoms with Crippen LogP contribution in [0.3, 0.4) is 0 Å². The van der Waals surface area contributed by atoms with E-state index < -0.39 is 0 Å². The molecule has 6 heteroatoms. The molecule has 0 radical (unpaired) electrons. The van der Waals surface area contributed by atoms with Crippen molar-refractivity contribution >= 4 is 30.7 Å². The molecule has 18 heavy (non-hydrogen) atoms. The average molecular weight is 292 g/mol. The Morgan fingerprint density at radius 2 is 2.28 bits per heavy atom. The molecule has 1 aliphatic rings. The lowest BCUT2D eigenvalue weighted by atomic mass is 10.1. The summed E-state index contributed by atoms with van der Waals surface area (Å²) in [5.41, 5.74) is 6.31. The fourth-order valence-electron chi connectivity index (χ4n) is 2.25. The fourth-order valence-corrected chi connectivity index (χ4v) is 2.25. The Bertz CT molecular complexity index is 375. The molecular weight excluding hydrogens is 273 g/mol. The molecule has 0 aromatic carbocycles. The monoisotopic (exact) mass is 291 g/mol. The molecule has 1 saturated heterocycles. The number of hydrogen-bond donors (Lipinski definition) is 1. The van der Waals surface area contributed by atoms with Crippen molar-refractivity contribution in [3.8, 4) is 0 Å². The summed E-state index contributed by atoms with van der Waals surface area (Å²) in [7, 11) is 0. The number of carbonyl (C=O) groups is 1. The van der Waals surface area contributed by atoms with E-state index in [2.05, 4.69) is 11.9 Å². The number of aromatic nitrogens is 1. The second-order valence-corrected chi connectivity index (χ2v) is 4.39. The van der Waals surface area contributed by atoms with Crippen molar-refractivity contribution < 1.29 is 4.79 Å². The summed E-state index contributed by atoms with van der Waals surface area (Å²) in [5.74, 6) is 0.507.